The fourth-order valence-corrected chi connectivity index (χ4v) is 1.31. The summed E-state index contributed by atoms with van der Waals surface area (Å²) in [6.45, 7) is 0. The first-order chi connectivity index (χ1) is 7.47. The Bertz CT molecular complexity index is 502. The zero-order chi connectivity index (χ0) is 11.8. The van der Waals surface area contributed by atoms with Crippen molar-refractivity contribution in [2.45, 2.75) is 6.18 Å². The molecule has 0 radical (unpaired) electrons. The van der Waals surface area contributed by atoms with E-state index in [9.17, 15) is 13.2 Å². The number of halogens is 3. The molecule has 3 nitrogen and oxygen atoms in total. The van der Waals surface area contributed by atoms with Gasteiger partial charge < -0.3 is 0 Å². The third-order valence-corrected chi connectivity index (χ3v) is 2.05. The second-order valence-electron chi connectivity index (χ2n) is 3.32. The largest absolute Gasteiger partial charge is 0.416 e. The van der Waals surface area contributed by atoms with Gasteiger partial charge >= 0.3 is 6.18 Å². The molecule has 0 spiro atoms. The molecule has 0 saturated heterocycles. The smallest absolute Gasteiger partial charge is 0.255 e. The summed E-state index contributed by atoms with van der Waals surface area (Å²) < 4.78 is 38.8. The van der Waals surface area contributed by atoms with Crippen LogP contribution in [0.15, 0.2) is 30.6 Å². The lowest BCUT2D eigenvalue weighted by molar-refractivity contribution is -0.137. The van der Waals surface area contributed by atoms with Crippen LogP contribution in [-0.4, -0.2) is 14.8 Å². The van der Waals surface area contributed by atoms with Crippen molar-refractivity contribution in [1.29, 1.82) is 0 Å². The summed E-state index contributed by atoms with van der Waals surface area (Å²) in [6, 6.07) is 4.95. The summed E-state index contributed by atoms with van der Waals surface area (Å²) >= 11 is 0. The van der Waals surface area contributed by atoms with E-state index in [2.05, 4.69) is 10.1 Å². The summed E-state index contributed by atoms with van der Waals surface area (Å²) in [6.07, 6.45) is -2.90. The Morgan fingerprint density at radius 3 is 2.56 bits per heavy atom. The molecule has 84 valence electrons. The van der Waals surface area contributed by atoms with E-state index in [0.29, 0.717) is 5.56 Å². The number of hydrogen-bond donors (Lipinski definition) is 0. The first-order valence-corrected chi connectivity index (χ1v) is 4.50. The lowest BCUT2D eigenvalue weighted by Gasteiger charge is -2.06. The van der Waals surface area contributed by atoms with E-state index < -0.39 is 11.7 Å². The molecule has 0 bridgehead atoms. The zero-order valence-corrected chi connectivity index (χ0v) is 8.36. The molecule has 0 N–H and O–H groups in total. The van der Waals surface area contributed by atoms with Crippen molar-refractivity contribution >= 4 is 0 Å². The van der Waals surface area contributed by atoms with Gasteiger partial charge in [-0.2, -0.15) is 18.3 Å². The van der Waals surface area contributed by atoms with Crippen molar-refractivity contribution in [1.82, 2.24) is 14.8 Å². The van der Waals surface area contributed by atoms with Gasteiger partial charge in [0.15, 0.2) is 5.82 Å². The van der Waals surface area contributed by atoms with Crippen LogP contribution >= 0.6 is 0 Å². The lowest BCUT2D eigenvalue weighted by atomic mass is 10.1. The molecule has 0 aliphatic heterocycles. The van der Waals surface area contributed by atoms with Crippen LogP contribution in [0.5, 0.6) is 0 Å². The fourth-order valence-electron chi connectivity index (χ4n) is 1.31. The minimum Gasteiger partial charge on any atom is -0.255 e. The molecule has 0 amide bonds. The van der Waals surface area contributed by atoms with Gasteiger partial charge in [-0.1, -0.05) is 12.1 Å². The Kier molecular flexibility index (Phi) is 2.41. The lowest BCUT2D eigenvalue weighted by Crippen LogP contribution is -2.04. The molecule has 6 heteroatoms. The number of alkyl halides is 3. The molecule has 0 saturated carbocycles. The van der Waals surface area contributed by atoms with Crippen molar-refractivity contribution in [2.24, 2.45) is 7.05 Å². The van der Waals surface area contributed by atoms with Crippen LogP contribution in [0.4, 0.5) is 13.2 Å². The maximum atomic E-state index is 12.4. The Balaban J connectivity index is 2.44. The Labute approximate surface area is 89.5 Å². The van der Waals surface area contributed by atoms with Gasteiger partial charge in [0.2, 0.25) is 0 Å². The Morgan fingerprint density at radius 2 is 2.00 bits per heavy atom. The van der Waals surface area contributed by atoms with Crippen LogP contribution in [0.3, 0.4) is 0 Å². The van der Waals surface area contributed by atoms with E-state index in [1.54, 1.807) is 13.1 Å². The van der Waals surface area contributed by atoms with E-state index in [0.717, 1.165) is 12.1 Å². The minimum absolute atomic E-state index is 0.286. The number of benzene rings is 1. The van der Waals surface area contributed by atoms with Crippen molar-refractivity contribution in [2.75, 3.05) is 0 Å². The van der Waals surface area contributed by atoms with E-state index in [4.69, 9.17) is 0 Å². The Hall–Kier alpha value is -1.85. The second kappa shape index (κ2) is 3.62. The maximum absolute atomic E-state index is 12.4. The van der Waals surface area contributed by atoms with Crippen molar-refractivity contribution in [3.63, 3.8) is 0 Å². The first kappa shape index (κ1) is 10.7. The third-order valence-electron chi connectivity index (χ3n) is 2.05. The third kappa shape index (κ3) is 2.05. The molecule has 1 aromatic heterocycles. The highest BCUT2D eigenvalue weighted by atomic mass is 19.4. The van der Waals surface area contributed by atoms with Crippen LogP contribution in [0.1, 0.15) is 5.56 Å². The molecule has 2 rings (SSSR count). The molecule has 1 heterocycles. The van der Waals surface area contributed by atoms with Crippen LogP contribution in [0.25, 0.3) is 11.4 Å². The molecular weight excluding hydrogens is 219 g/mol. The predicted molar refractivity (Wildman–Crippen MR) is 51.4 cm³/mol. The summed E-state index contributed by atoms with van der Waals surface area (Å²) in [5.74, 6) is 0.286. The molecule has 2 aromatic rings. The van der Waals surface area contributed by atoms with Gasteiger partial charge in [0.1, 0.15) is 6.33 Å². The molecule has 0 aliphatic rings. The summed E-state index contributed by atoms with van der Waals surface area (Å²) in [5, 5.41) is 3.94. The van der Waals surface area contributed by atoms with Crippen LogP contribution in [0.2, 0.25) is 0 Å². The fraction of sp³-hybridized carbons (Fsp3) is 0.200. The van der Waals surface area contributed by atoms with Gasteiger partial charge in [-0.25, -0.2) is 4.98 Å². The first-order valence-electron chi connectivity index (χ1n) is 4.50. The normalized spacial score (nSPS) is 11.8. The van der Waals surface area contributed by atoms with Gasteiger partial charge in [0, 0.05) is 12.6 Å². The van der Waals surface area contributed by atoms with Crippen LogP contribution in [0, 0.1) is 0 Å². The summed E-state index contributed by atoms with van der Waals surface area (Å²) in [4.78, 5) is 3.89. The van der Waals surface area contributed by atoms with E-state index in [-0.39, 0.29) is 5.82 Å². The molecular formula is C10H8F3N3. The van der Waals surface area contributed by atoms with E-state index >= 15 is 0 Å². The van der Waals surface area contributed by atoms with Crippen molar-refractivity contribution in [3.8, 4) is 11.4 Å². The standard InChI is InChI=1S/C10H8F3N3/c1-16-6-14-9(15-16)7-3-2-4-8(5-7)10(11,12)13/h2-6H,1H3. The Morgan fingerprint density at radius 1 is 1.25 bits per heavy atom. The quantitative estimate of drug-likeness (QED) is 0.749. The number of rotatable bonds is 1. The average Bonchev–Trinajstić information content (AvgIpc) is 2.64. The molecule has 0 aliphatic carbocycles. The average molecular weight is 227 g/mol. The molecule has 0 unspecified atom stereocenters. The number of nitrogens with zero attached hydrogens (tertiary/aromatic N) is 3. The number of aromatic nitrogens is 3. The summed E-state index contributed by atoms with van der Waals surface area (Å²) in [7, 11) is 1.66. The highest BCUT2D eigenvalue weighted by Gasteiger charge is 2.30. The highest BCUT2D eigenvalue weighted by molar-refractivity contribution is 5.55. The SMILES string of the molecule is Cn1cnc(-c2cccc(C(F)(F)F)c2)n1. The highest BCUT2D eigenvalue weighted by Crippen LogP contribution is 2.31. The van der Waals surface area contributed by atoms with Gasteiger partial charge in [0.25, 0.3) is 0 Å². The molecule has 0 fully saturated rings. The van der Waals surface area contributed by atoms with Crippen LogP contribution < -0.4 is 0 Å². The molecule has 1 aromatic carbocycles. The van der Waals surface area contributed by atoms with Gasteiger partial charge in [-0.3, -0.25) is 4.68 Å². The predicted octanol–water partition coefficient (Wildman–Crippen LogP) is 2.50. The number of hydrogen-bond acceptors (Lipinski definition) is 2. The molecule has 16 heavy (non-hydrogen) atoms. The minimum atomic E-state index is -4.34. The van der Waals surface area contributed by atoms with Crippen molar-refractivity contribution in [3.05, 3.63) is 36.2 Å². The van der Waals surface area contributed by atoms with E-state index in [1.165, 1.54) is 17.1 Å². The monoisotopic (exact) mass is 227 g/mol. The van der Waals surface area contributed by atoms with Gasteiger partial charge in [-0.05, 0) is 12.1 Å². The van der Waals surface area contributed by atoms with E-state index in [1.807, 2.05) is 0 Å². The van der Waals surface area contributed by atoms with Gasteiger partial charge in [-0.15, -0.1) is 0 Å². The topological polar surface area (TPSA) is 30.7 Å². The van der Waals surface area contributed by atoms with Crippen LogP contribution in [-0.2, 0) is 13.2 Å². The van der Waals surface area contributed by atoms with Gasteiger partial charge in [0.05, 0.1) is 5.56 Å². The zero-order valence-electron chi connectivity index (χ0n) is 8.36. The maximum Gasteiger partial charge on any atom is 0.416 e. The summed E-state index contributed by atoms with van der Waals surface area (Å²) in [5.41, 5.74) is -0.340. The van der Waals surface area contributed by atoms with Crippen molar-refractivity contribution < 1.29 is 13.2 Å². The second-order valence-corrected chi connectivity index (χ2v) is 3.32. The number of aryl methyl sites for hydroxylation is 1. The molecule has 0 atom stereocenters.